The molecule has 0 bridgehead atoms. The highest BCUT2D eigenvalue weighted by Gasteiger charge is 2.31. The van der Waals surface area contributed by atoms with Gasteiger partial charge in [0.1, 0.15) is 11.6 Å². The standard InChI is InChI=1S/C17H18ClFN4O/c18-12-2-1-3-13(19)14(12)17(24)23-8-6-11(7-9-23)16-20-15(21-22-16)10-4-5-10/h1-3,10-11H,4-9H2,(H,20,21,22). The number of hydrogen-bond donors (Lipinski definition) is 1. The van der Waals surface area contributed by atoms with Crippen molar-refractivity contribution in [2.45, 2.75) is 37.5 Å². The number of nitrogens with zero attached hydrogens (tertiary/aromatic N) is 3. The second-order valence-corrected chi connectivity index (χ2v) is 6.92. The van der Waals surface area contributed by atoms with Gasteiger partial charge < -0.3 is 4.90 Å². The van der Waals surface area contributed by atoms with Gasteiger partial charge in [0.25, 0.3) is 5.91 Å². The Morgan fingerprint density at radius 3 is 2.62 bits per heavy atom. The summed E-state index contributed by atoms with van der Waals surface area (Å²) in [5.41, 5.74) is -0.0340. The highest BCUT2D eigenvalue weighted by atomic mass is 35.5. The molecule has 1 aromatic carbocycles. The Bertz CT molecular complexity index is 745. The maximum absolute atomic E-state index is 13.9. The van der Waals surface area contributed by atoms with E-state index in [1.807, 2.05) is 0 Å². The van der Waals surface area contributed by atoms with Crippen LogP contribution in [0.5, 0.6) is 0 Å². The summed E-state index contributed by atoms with van der Waals surface area (Å²) >= 11 is 6.00. The fraction of sp³-hybridized carbons (Fsp3) is 0.471. The van der Waals surface area contributed by atoms with Crippen LogP contribution in [0.1, 0.15) is 59.5 Å². The summed E-state index contributed by atoms with van der Waals surface area (Å²) in [5.74, 6) is 1.71. The molecule has 1 saturated carbocycles. The normalized spacial score (nSPS) is 18.8. The van der Waals surface area contributed by atoms with Crippen molar-refractivity contribution >= 4 is 17.5 Å². The van der Waals surface area contributed by atoms with Crippen molar-refractivity contribution in [3.63, 3.8) is 0 Å². The minimum absolute atomic E-state index is 0.0340. The second-order valence-electron chi connectivity index (χ2n) is 6.52. The molecule has 1 aromatic heterocycles. The lowest BCUT2D eigenvalue weighted by atomic mass is 9.95. The average Bonchev–Trinajstić information content (AvgIpc) is 3.32. The lowest BCUT2D eigenvalue weighted by Gasteiger charge is -2.31. The van der Waals surface area contributed by atoms with Gasteiger partial charge in [-0.15, -0.1) is 0 Å². The van der Waals surface area contributed by atoms with Gasteiger partial charge in [0.05, 0.1) is 10.6 Å². The third-order valence-corrected chi connectivity index (χ3v) is 5.12. The number of rotatable bonds is 3. The van der Waals surface area contributed by atoms with Gasteiger partial charge in [0.2, 0.25) is 0 Å². The summed E-state index contributed by atoms with van der Waals surface area (Å²) in [5, 5.41) is 7.50. The van der Waals surface area contributed by atoms with Gasteiger partial charge in [0.15, 0.2) is 5.82 Å². The Labute approximate surface area is 144 Å². The predicted molar refractivity (Wildman–Crippen MR) is 87.6 cm³/mol. The number of carbonyl (C=O) groups excluding carboxylic acids is 1. The fourth-order valence-electron chi connectivity index (χ4n) is 3.21. The van der Waals surface area contributed by atoms with Gasteiger partial charge in [-0.3, -0.25) is 9.89 Å². The van der Waals surface area contributed by atoms with Crippen molar-refractivity contribution in [2.24, 2.45) is 0 Å². The van der Waals surface area contributed by atoms with Crippen LogP contribution in [0.4, 0.5) is 4.39 Å². The molecule has 1 amide bonds. The quantitative estimate of drug-likeness (QED) is 0.923. The number of benzene rings is 1. The van der Waals surface area contributed by atoms with Crippen LogP contribution in [-0.4, -0.2) is 39.1 Å². The van der Waals surface area contributed by atoms with Crippen LogP contribution in [0.15, 0.2) is 18.2 Å². The molecule has 4 rings (SSSR count). The van der Waals surface area contributed by atoms with Crippen LogP contribution in [-0.2, 0) is 0 Å². The first kappa shape index (κ1) is 15.6. The van der Waals surface area contributed by atoms with Crippen molar-refractivity contribution in [2.75, 3.05) is 13.1 Å². The number of amides is 1. The molecule has 0 unspecified atom stereocenters. The Hall–Kier alpha value is -1.95. The van der Waals surface area contributed by atoms with Gasteiger partial charge in [-0.2, -0.15) is 5.10 Å². The summed E-state index contributed by atoms with van der Waals surface area (Å²) in [6.07, 6.45) is 3.93. The summed E-state index contributed by atoms with van der Waals surface area (Å²) < 4.78 is 13.9. The molecule has 1 aliphatic heterocycles. The van der Waals surface area contributed by atoms with Crippen LogP contribution in [0.2, 0.25) is 5.02 Å². The lowest BCUT2D eigenvalue weighted by molar-refractivity contribution is 0.0706. The summed E-state index contributed by atoms with van der Waals surface area (Å²) in [6.45, 7) is 1.13. The number of piperidine rings is 1. The van der Waals surface area contributed by atoms with Gasteiger partial charge in [-0.25, -0.2) is 9.37 Å². The molecule has 2 aliphatic rings. The number of nitrogens with one attached hydrogen (secondary N) is 1. The Balaban J connectivity index is 1.42. The number of hydrogen-bond acceptors (Lipinski definition) is 3. The molecule has 0 spiro atoms. The Morgan fingerprint density at radius 2 is 1.96 bits per heavy atom. The first-order chi connectivity index (χ1) is 11.6. The number of halogens is 2. The number of aromatic amines is 1. The van der Waals surface area contributed by atoms with Crippen molar-refractivity contribution in [1.29, 1.82) is 0 Å². The zero-order valence-corrected chi connectivity index (χ0v) is 13.9. The van der Waals surface area contributed by atoms with Gasteiger partial charge in [-0.1, -0.05) is 17.7 Å². The lowest BCUT2D eigenvalue weighted by Crippen LogP contribution is -2.38. The molecule has 126 valence electrons. The van der Waals surface area contributed by atoms with Crippen molar-refractivity contribution in [3.8, 4) is 0 Å². The summed E-state index contributed by atoms with van der Waals surface area (Å²) in [6, 6.07) is 4.31. The zero-order valence-electron chi connectivity index (χ0n) is 13.1. The number of H-pyrrole nitrogens is 1. The van der Waals surface area contributed by atoms with E-state index < -0.39 is 5.82 Å². The zero-order chi connectivity index (χ0) is 16.7. The molecule has 24 heavy (non-hydrogen) atoms. The molecule has 2 heterocycles. The molecule has 1 aliphatic carbocycles. The summed E-state index contributed by atoms with van der Waals surface area (Å²) in [7, 11) is 0. The third kappa shape index (κ3) is 2.90. The van der Waals surface area contributed by atoms with Crippen LogP contribution < -0.4 is 0 Å². The topological polar surface area (TPSA) is 61.9 Å². The molecule has 2 fully saturated rings. The van der Waals surface area contributed by atoms with Gasteiger partial charge >= 0.3 is 0 Å². The summed E-state index contributed by atoms with van der Waals surface area (Å²) in [4.78, 5) is 18.8. The largest absolute Gasteiger partial charge is 0.338 e. The van der Waals surface area contributed by atoms with Crippen LogP contribution in [0, 0.1) is 5.82 Å². The van der Waals surface area contributed by atoms with Crippen LogP contribution in [0.25, 0.3) is 0 Å². The predicted octanol–water partition coefficient (Wildman–Crippen LogP) is 3.49. The molecule has 5 nitrogen and oxygen atoms in total. The van der Waals surface area contributed by atoms with Gasteiger partial charge in [-0.05, 0) is 37.8 Å². The third-order valence-electron chi connectivity index (χ3n) is 4.81. The molecule has 0 radical (unpaired) electrons. The monoisotopic (exact) mass is 348 g/mol. The molecule has 2 aromatic rings. The Morgan fingerprint density at radius 1 is 1.21 bits per heavy atom. The van der Waals surface area contributed by atoms with Crippen LogP contribution in [0.3, 0.4) is 0 Å². The van der Waals surface area contributed by atoms with E-state index in [-0.39, 0.29) is 22.4 Å². The SMILES string of the molecule is O=C(c1c(F)cccc1Cl)N1CCC(c2nc(C3CC3)n[nH]2)CC1. The van der Waals surface area contributed by atoms with E-state index in [0.29, 0.717) is 19.0 Å². The first-order valence-corrected chi connectivity index (χ1v) is 8.66. The molecule has 7 heteroatoms. The van der Waals surface area contributed by atoms with E-state index in [0.717, 1.165) is 24.5 Å². The van der Waals surface area contributed by atoms with E-state index >= 15 is 0 Å². The maximum Gasteiger partial charge on any atom is 0.258 e. The number of likely N-dealkylation sites (tertiary alicyclic amines) is 1. The number of aromatic nitrogens is 3. The van der Waals surface area contributed by atoms with E-state index in [2.05, 4.69) is 15.2 Å². The molecular formula is C17H18ClFN4O. The van der Waals surface area contributed by atoms with E-state index in [9.17, 15) is 9.18 Å². The van der Waals surface area contributed by atoms with Crippen molar-refractivity contribution < 1.29 is 9.18 Å². The number of carbonyl (C=O) groups is 1. The van der Waals surface area contributed by atoms with Crippen LogP contribution >= 0.6 is 11.6 Å². The fourth-order valence-corrected chi connectivity index (χ4v) is 3.45. The second kappa shape index (κ2) is 6.16. The van der Waals surface area contributed by atoms with Crippen molar-refractivity contribution in [1.82, 2.24) is 20.1 Å². The minimum Gasteiger partial charge on any atom is -0.338 e. The van der Waals surface area contributed by atoms with Gasteiger partial charge in [0, 0.05) is 24.9 Å². The van der Waals surface area contributed by atoms with E-state index in [1.54, 1.807) is 11.0 Å². The smallest absolute Gasteiger partial charge is 0.258 e. The molecule has 0 atom stereocenters. The Kier molecular flexibility index (Phi) is 4.00. The highest BCUT2D eigenvalue weighted by molar-refractivity contribution is 6.33. The average molecular weight is 349 g/mol. The molecular weight excluding hydrogens is 331 g/mol. The van der Waals surface area contributed by atoms with E-state index in [4.69, 9.17) is 11.6 Å². The maximum atomic E-state index is 13.9. The highest BCUT2D eigenvalue weighted by Crippen LogP contribution is 2.38. The van der Waals surface area contributed by atoms with Crippen molar-refractivity contribution in [3.05, 3.63) is 46.3 Å². The molecule has 1 saturated heterocycles. The first-order valence-electron chi connectivity index (χ1n) is 8.29. The minimum atomic E-state index is -0.570. The molecule has 1 N–H and O–H groups in total. The van der Waals surface area contributed by atoms with E-state index in [1.165, 1.54) is 25.0 Å².